The summed E-state index contributed by atoms with van der Waals surface area (Å²) in [5, 5.41) is 10.8. The lowest BCUT2D eigenvalue weighted by molar-refractivity contribution is -0.135. The van der Waals surface area contributed by atoms with Crippen LogP contribution in [0, 0.1) is 11.8 Å². The van der Waals surface area contributed by atoms with Gasteiger partial charge in [-0.15, -0.1) is 0 Å². The van der Waals surface area contributed by atoms with E-state index in [0.717, 1.165) is 43.7 Å². The molecule has 34 heavy (non-hydrogen) atoms. The molecule has 1 aromatic heterocycles. The van der Waals surface area contributed by atoms with Crippen LogP contribution in [0.1, 0.15) is 48.8 Å². The first-order valence-electron chi connectivity index (χ1n) is 12.8. The van der Waals surface area contributed by atoms with Crippen LogP contribution in [0.3, 0.4) is 0 Å². The van der Waals surface area contributed by atoms with Gasteiger partial charge in [0.05, 0.1) is 18.6 Å². The third-order valence-corrected chi connectivity index (χ3v) is 9.40. The minimum Gasteiger partial charge on any atom is -0.504 e. The van der Waals surface area contributed by atoms with Gasteiger partial charge in [-0.05, 0) is 80.7 Å². The molecular formula is C28H32N2O4. The molecule has 1 saturated heterocycles. The molecule has 5 aliphatic rings. The van der Waals surface area contributed by atoms with E-state index >= 15 is 0 Å². The van der Waals surface area contributed by atoms with Crippen LogP contribution in [-0.4, -0.2) is 59.1 Å². The number of likely N-dealkylation sites (N-methyl/N-ethyl adjacent to an activating group) is 1. The number of hydrogen-bond donors (Lipinski definition) is 1. The minimum atomic E-state index is -0.115. The van der Waals surface area contributed by atoms with E-state index in [1.165, 1.54) is 30.5 Å². The smallest absolute Gasteiger partial charge is 0.246 e. The van der Waals surface area contributed by atoms with Crippen LogP contribution in [0.4, 0.5) is 0 Å². The number of rotatable bonds is 5. The lowest BCUT2D eigenvalue weighted by atomic mass is 9.51. The van der Waals surface area contributed by atoms with E-state index in [-0.39, 0.29) is 29.2 Å². The standard InChI is InChI=1S/C28H32N2O4/c1-29(24(32)9-4-18-10-13-33-16-18)21-7-6-20-22-14-19-5-8-23(31)26-25(19)28(20,27(21)34-26)11-12-30(22)15-17-2-3-17/h4-5,8-10,13,16-17,20-22,27,31H,2-3,6-7,11-12,14-15H2,1H3/b9-4+/t20-,21+,22-,27-,28-/m0/s1. The van der Waals surface area contributed by atoms with E-state index in [4.69, 9.17) is 9.15 Å². The minimum absolute atomic E-state index is 0.0221. The number of phenolic OH excluding ortho intramolecular Hbond substituents is 1. The van der Waals surface area contributed by atoms with E-state index < -0.39 is 0 Å². The number of benzene rings is 1. The van der Waals surface area contributed by atoms with Crippen molar-refractivity contribution in [3.63, 3.8) is 0 Å². The van der Waals surface area contributed by atoms with E-state index in [0.29, 0.717) is 17.7 Å². The van der Waals surface area contributed by atoms with Crippen molar-refractivity contribution in [2.24, 2.45) is 11.8 Å². The Morgan fingerprint density at radius 3 is 2.94 bits per heavy atom. The summed E-state index contributed by atoms with van der Waals surface area (Å²) in [6.07, 6.45) is 13.4. The Bertz CT molecular complexity index is 1150. The summed E-state index contributed by atoms with van der Waals surface area (Å²) in [7, 11) is 1.90. The third kappa shape index (κ3) is 2.87. The van der Waals surface area contributed by atoms with E-state index in [1.807, 2.05) is 18.0 Å². The molecule has 0 unspecified atom stereocenters. The van der Waals surface area contributed by atoms with Crippen LogP contribution in [-0.2, 0) is 16.6 Å². The zero-order valence-corrected chi connectivity index (χ0v) is 19.7. The van der Waals surface area contributed by atoms with E-state index in [9.17, 15) is 9.90 Å². The molecule has 2 aromatic rings. The molecule has 178 valence electrons. The predicted octanol–water partition coefficient (Wildman–Crippen LogP) is 3.97. The molecule has 3 heterocycles. The summed E-state index contributed by atoms with van der Waals surface area (Å²) in [5.41, 5.74) is 3.36. The summed E-state index contributed by atoms with van der Waals surface area (Å²) >= 11 is 0. The number of aromatic hydroxyl groups is 1. The third-order valence-electron chi connectivity index (χ3n) is 9.40. The van der Waals surface area contributed by atoms with Crippen molar-refractivity contribution in [1.29, 1.82) is 0 Å². The predicted molar refractivity (Wildman–Crippen MR) is 128 cm³/mol. The van der Waals surface area contributed by atoms with Gasteiger partial charge >= 0.3 is 0 Å². The maximum atomic E-state index is 13.2. The van der Waals surface area contributed by atoms with Gasteiger partial charge in [-0.2, -0.15) is 0 Å². The van der Waals surface area contributed by atoms with Crippen molar-refractivity contribution in [2.75, 3.05) is 20.1 Å². The second kappa shape index (κ2) is 7.38. The van der Waals surface area contributed by atoms with Gasteiger partial charge in [-0.1, -0.05) is 6.07 Å². The molecule has 6 heteroatoms. The van der Waals surface area contributed by atoms with Crippen molar-refractivity contribution in [3.8, 4) is 11.5 Å². The molecule has 1 aromatic carbocycles. The normalized spacial score (nSPS) is 33.6. The molecule has 1 N–H and O–H groups in total. The van der Waals surface area contributed by atoms with Crippen molar-refractivity contribution >= 4 is 12.0 Å². The molecule has 6 nitrogen and oxygen atoms in total. The highest BCUT2D eigenvalue weighted by atomic mass is 16.5. The van der Waals surface area contributed by atoms with Gasteiger partial charge in [0, 0.05) is 42.3 Å². The zero-order chi connectivity index (χ0) is 23.0. The Kier molecular flexibility index (Phi) is 4.48. The van der Waals surface area contributed by atoms with Gasteiger partial charge in [-0.25, -0.2) is 0 Å². The summed E-state index contributed by atoms with van der Waals surface area (Å²) in [6.45, 7) is 2.31. The molecule has 2 saturated carbocycles. The topological polar surface area (TPSA) is 66.2 Å². The SMILES string of the molecule is CN(C(=O)/C=C/c1ccoc1)[C@@H]1CC[C@H]2[C@@H]3Cc4ccc(O)c5c4[C@@]2(CCN3CC2CC2)[C@H]1O5. The fourth-order valence-corrected chi connectivity index (χ4v) is 7.67. The molecule has 1 amide bonds. The van der Waals surface area contributed by atoms with Gasteiger partial charge in [0.1, 0.15) is 6.10 Å². The highest BCUT2D eigenvalue weighted by molar-refractivity contribution is 5.91. The molecule has 2 aliphatic heterocycles. The second-order valence-electron chi connectivity index (χ2n) is 11.1. The number of nitrogens with zero attached hydrogens (tertiary/aromatic N) is 2. The number of furan rings is 1. The monoisotopic (exact) mass is 460 g/mol. The number of hydrogen-bond acceptors (Lipinski definition) is 5. The van der Waals surface area contributed by atoms with Crippen LogP contribution < -0.4 is 4.74 Å². The number of ether oxygens (including phenoxy) is 1. The average molecular weight is 461 g/mol. The van der Waals surface area contributed by atoms with Crippen molar-refractivity contribution in [3.05, 3.63) is 53.5 Å². The lowest BCUT2D eigenvalue weighted by Gasteiger charge is -2.60. The van der Waals surface area contributed by atoms with E-state index in [1.54, 1.807) is 30.7 Å². The van der Waals surface area contributed by atoms with Gasteiger partial charge in [0.25, 0.3) is 0 Å². The summed E-state index contributed by atoms with van der Waals surface area (Å²) in [4.78, 5) is 17.8. The van der Waals surface area contributed by atoms with Gasteiger partial charge in [0.2, 0.25) is 5.91 Å². The van der Waals surface area contributed by atoms with E-state index in [2.05, 4.69) is 11.0 Å². The number of phenols is 1. The molecule has 7 rings (SSSR count). The Morgan fingerprint density at radius 2 is 2.15 bits per heavy atom. The maximum Gasteiger partial charge on any atom is 0.246 e. The average Bonchev–Trinajstić information content (AvgIpc) is 3.36. The quantitative estimate of drug-likeness (QED) is 0.684. The van der Waals surface area contributed by atoms with Crippen LogP contribution in [0.15, 0.2) is 41.2 Å². The number of carbonyl (C=O) groups excluding carboxylic acids is 1. The fourth-order valence-electron chi connectivity index (χ4n) is 7.67. The molecule has 3 aliphatic carbocycles. The fraction of sp³-hybridized carbons (Fsp3) is 0.536. The number of likely N-dealkylation sites (tertiary alicyclic amines) is 1. The molecule has 2 bridgehead atoms. The Morgan fingerprint density at radius 1 is 1.26 bits per heavy atom. The Balaban J connectivity index is 1.24. The second-order valence-corrected chi connectivity index (χ2v) is 11.1. The van der Waals surface area contributed by atoms with Gasteiger partial charge in [-0.3, -0.25) is 9.69 Å². The largest absolute Gasteiger partial charge is 0.504 e. The molecule has 0 radical (unpaired) electrons. The lowest BCUT2D eigenvalue weighted by Crippen LogP contribution is -2.69. The summed E-state index contributed by atoms with van der Waals surface area (Å²) < 4.78 is 11.8. The first kappa shape index (κ1) is 20.6. The molecule has 1 spiro atoms. The number of piperidine rings is 1. The summed E-state index contributed by atoms with van der Waals surface area (Å²) in [5.74, 6) is 2.30. The molecule has 5 atom stereocenters. The van der Waals surface area contributed by atoms with Gasteiger partial charge < -0.3 is 19.2 Å². The van der Waals surface area contributed by atoms with Crippen LogP contribution >= 0.6 is 0 Å². The number of carbonyl (C=O) groups is 1. The van der Waals surface area contributed by atoms with Crippen LogP contribution in [0.25, 0.3) is 6.08 Å². The van der Waals surface area contributed by atoms with Crippen LogP contribution in [0.2, 0.25) is 0 Å². The molecule has 3 fully saturated rings. The zero-order valence-electron chi connectivity index (χ0n) is 19.7. The highest BCUT2D eigenvalue weighted by Gasteiger charge is 2.66. The Labute approximate surface area is 200 Å². The van der Waals surface area contributed by atoms with Crippen molar-refractivity contribution in [2.45, 2.75) is 62.1 Å². The first-order chi connectivity index (χ1) is 16.6. The van der Waals surface area contributed by atoms with Crippen molar-refractivity contribution in [1.82, 2.24) is 9.80 Å². The first-order valence-corrected chi connectivity index (χ1v) is 12.8. The highest BCUT2D eigenvalue weighted by Crippen LogP contribution is 2.64. The van der Waals surface area contributed by atoms with Crippen LogP contribution in [0.5, 0.6) is 11.5 Å². The van der Waals surface area contributed by atoms with Crippen molar-refractivity contribution < 1.29 is 19.1 Å². The molecular weight excluding hydrogens is 428 g/mol. The summed E-state index contributed by atoms with van der Waals surface area (Å²) in [6, 6.07) is 6.28. The maximum absolute atomic E-state index is 13.2. The van der Waals surface area contributed by atoms with Gasteiger partial charge in [0.15, 0.2) is 11.5 Å². The Hall–Kier alpha value is -2.73. The number of amides is 1.